The van der Waals surface area contributed by atoms with Gasteiger partial charge in [-0.05, 0) is 12.2 Å². The summed E-state index contributed by atoms with van der Waals surface area (Å²) in [6.45, 7) is 0. The summed E-state index contributed by atoms with van der Waals surface area (Å²) < 4.78 is 10.3. The first-order valence-corrected chi connectivity index (χ1v) is 4.57. The van der Waals surface area contributed by atoms with E-state index < -0.39 is 7.32 Å². The SMILES string of the molecule is OB(OC1=CC=CC1)OC1=CC=CC1.[Zr]. The van der Waals surface area contributed by atoms with Gasteiger partial charge in [0.1, 0.15) is 0 Å². The molecule has 1 N–H and O–H groups in total. The Morgan fingerprint density at radius 2 is 1.47 bits per heavy atom. The summed E-state index contributed by atoms with van der Waals surface area (Å²) in [6, 6.07) is 0. The molecular weight excluding hydrogens is 270 g/mol. The van der Waals surface area contributed by atoms with Gasteiger partial charge in [0.2, 0.25) is 0 Å². The molecule has 0 unspecified atom stereocenters. The molecule has 0 spiro atoms. The van der Waals surface area contributed by atoms with E-state index >= 15 is 0 Å². The molecule has 0 saturated heterocycles. The molecule has 2 aliphatic rings. The van der Waals surface area contributed by atoms with E-state index in [0.717, 1.165) is 24.4 Å². The molecular formula is C10H11BO3Zr. The van der Waals surface area contributed by atoms with Crippen LogP contribution in [0.1, 0.15) is 12.8 Å². The fourth-order valence-electron chi connectivity index (χ4n) is 1.31. The molecule has 0 heterocycles. The number of allylic oxidation sites excluding steroid dienone is 6. The second-order valence-corrected chi connectivity index (χ2v) is 3.07. The fourth-order valence-corrected chi connectivity index (χ4v) is 1.31. The topological polar surface area (TPSA) is 38.7 Å². The van der Waals surface area contributed by atoms with Crippen LogP contribution in [0.15, 0.2) is 48.0 Å². The zero-order valence-corrected chi connectivity index (χ0v) is 10.7. The van der Waals surface area contributed by atoms with E-state index in [1.54, 1.807) is 0 Å². The molecule has 0 bridgehead atoms. The maximum atomic E-state index is 9.39. The van der Waals surface area contributed by atoms with Gasteiger partial charge in [0.25, 0.3) is 0 Å². The number of hydrogen-bond acceptors (Lipinski definition) is 3. The van der Waals surface area contributed by atoms with E-state index in [1.807, 2.05) is 36.5 Å². The summed E-state index contributed by atoms with van der Waals surface area (Å²) in [6.07, 6.45) is 12.8. The smallest absolute Gasteiger partial charge is 0.504 e. The van der Waals surface area contributed by atoms with Crippen molar-refractivity contribution in [3.05, 3.63) is 48.0 Å². The maximum Gasteiger partial charge on any atom is 0.784 e. The van der Waals surface area contributed by atoms with Gasteiger partial charge in [-0.1, -0.05) is 24.3 Å². The molecule has 3 nitrogen and oxygen atoms in total. The predicted octanol–water partition coefficient (Wildman–Crippen LogP) is 1.68. The third-order valence-corrected chi connectivity index (χ3v) is 1.98. The Labute approximate surface area is 108 Å². The third-order valence-electron chi connectivity index (χ3n) is 1.98. The Bertz CT molecular complexity index is 302. The summed E-state index contributed by atoms with van der Waals surface area (Å²) in [5, 5.41) is 9.39. The maximum absolute atomic E-state index is 9.39. The zero-order valence-electron chi connectivity index (χ0n) is 8.22. The van der Waals surface area contributed by atoms with Gasteiger partial charge in [0, 0.05) is 39.0 Å². The minimum absolute atomic E-state index is 0. The Hall–Kier alpha value is -0.532. The van der Waals surface area contributed by atoms with Gasteiger partial charge in [0.05, 0.1) is 11.5 Å². The summed E-state index contributed by atoms with van der Waals surface area (Å²) in [5.41, 5.74) is 0. The van der Waals surface area contributed by atoms with Crippen LogP contribution in [0.3, 0.4) is 0 Å². The van der Waals surface area contributed by atoms with Gasteiger partial charge in [-0.15, -0.1) is 0 Å². The van der Waals surface area contributed by atoms with Crippen molar-refractivity contribution in [1.29, 1.82) is 0 Å². The Kier molecular flexibility index (Phi) is 5.13. The second kappa shape index (κ2) is 6.14. The molecule has 76 valence electrons. The summed E-state index contributed by atoms with van der Waals surface area (Å²) >= 11 is 0. The largest absolute Gasteiger partial charge is 0.784 e. The van der Waals surface area contributed by atoms with Crippen LogP contribution in [0, 0.1) is 0 Å². The van der Waals surface area contributed by atoms with Crippen molar-refractivity contribution in [1.82, 2.24) is 0 Å². The minimum atomic E-state index is -1.20. The average Bonchev–Trinajstić information content (AvgIpc) is 2.76. The quantitative estimate of drug-likeness (QED) is 0.797. The fraction of sp³-hybridized carbons (Fsp3) is 0.200. The predicted molar refractivity (Wildman–Crippen MR) is 53.8 cm³/mol. The molecule has 0 aromatic rings. The van der Waals surface area contributed by atoms with Crippen LogP contribution >= 0.6 is 0 Å². The molecule has 0 saturated carbocycles. The Morgan fingerprint density at radius 1 is 1.00 bits per heavy atom. The van der Waals surface area contributed by atoms with Crippen molar-refractivity contribution in [2.24, 2.45) is 0 Å². The zero-order chi connectivity index (χ0) is 9.80. The van der Waals surface area contributed by atoms with Gasteiger partial charge >= 0.3 is 7.32 Å². The molecule has 0 fully saturated rings. The second-order valence-electron chi connectivity index (χ2n) is 3.07. The number of rotatable bonds is 4. The summed E-state index contributed by atoms with van der Waals surface area (Å²) in [4.78, 5) is 0. The third kappa shape index (κ3) is 3.84. The molecule has 2 aliphatic carbocycles. The molecule has 15 heavy (non-hydrogen) atoms. The van der Waals surface area contributed by atoms with Gasteiger partial charge in [-0.3, -0.25) is 0 Å². The van der Waals surface area contributed by atoms with Crippen molar-refractivity contribution >= 4 is 7.32 Å². The summed E-state index contributed by atoms with van der Waals surface area (Å²) in [7, 11) is -1.20. The van der Waals surface area contributed by atoms with Gasteiger partial charge in [0.15, 0.2) is 0 Å². The van der Waals surface area contributed by atoms with E-state index in [4.69, 9.17) is 9.31 Å². The minimum Gasteiger partial charge on any atom is -0.504 e. The van der Waals surface area contributed by atoms with Crippen molar-refractivity contribution < 1.29 is 40.5 Å². The van der Waals surface area contributed by atoms with Crippen LogP contribution in [0.5, 0.6) is 0 Å². The Balaban J connectivity index is 0.00000112. The van der Waals surface area contributed by atoms with E-state index in [-0.39, 0.29) is 26.2 Å². The van der Waals surface area contributed by atoms with Crippen molar-refractivity contribution in [3.8, 4) is 0 Å². The van der Waals surface area contributed by atoms with Crippen LogP contribution in [0.25, 0.3) is 0 Å². The first-order chi connectivity index (χ1) is 6.84. The molecule has 0 radical (unpaired) electrons. The molecule has 0 atom stereocenters. The van der Waals surface area contributed by atoms with Gasteiger partial charge < -0.3 is 14.3 Å². The van der Waals surface area contributed by atoms with Crippen LogP contribution in [-0.2, 0) is 35.5 Å². The average molecular weight is 281 g/mol. The van der Waals surface area contributed by atoms with Crippen LogP contribution in [0.4, 0.5) is 0 Å². The molecule has 5 heteroatoms. The van der Waals surface area contributed by atoms with E-state index in [9.17, 15) is 5.02 Å². The Morgan fingerprint density at radius 3 is 1.80 bits per heavy atom. The van der Waals surface area contributed by atoms with Crippen LogP contribution in [-0.4, -0.2) is 12.3 Å². The van der Waals surface area contributed by atoms with Gasteiger partial charge in [-0.25, -0.2) is 0 Å². The first kappa shape index (κ1) is 12.5. The number of hydrogen-bond donors (Lipinski definition) is 1. The standard InChI is InChI=1S/C10H11BO3.Zr/c12-11(13-9-5-1-2-6-9)14-10-7-3-4-8-10;/h1-5,7,12H,6,8H2;. The van der Waals surface area contributed by atoms with Crippen LogP contribution < -0.4 is 0 Å². The van der Waals surface area contributed by atoms with Crippen molar-refractivity contribution in [2.45, 2.75) is 12.8 Å². The summed E-state index contributed by atoms with van der Waals surface area (Å²) in [5.74, 6) is 1.45. The van der Waals surface area contributed by atoms with Crippen molar-refractivity contribution in [3.63, 3.8) is 0 Å². The van der Waals surface area contributed by atoms with E-state index in [0.29, 0.717) is 0 Å². The molecule has 0 aromatic carbocycles. The van der Waals surface area contributed by atoms with Gasteiger partial charge in [-0.2, -0.15) is 0 Å². The van der Waals surface area contributed by atoms with Crippen molar-refractivity contribution in [2.75, 3.05) is 0 Å². The normalized spacial score (nSPS) is 16.9. The van der Waals surface area contributed by atoms with E-state index in [2.05, 4.69) is 0 Å². The van der Waals surface area contributed by atoms with Crippen LogP contribution in [0.2, 0.25) is 0 Å². The monoisotopic (exact) mass is 280 g/mol. The van der Waals surface area contributed by atoms with E-state index in [1.165, 1.54) is 0 Å². The molecule has 2 rings (SSSR count). The molecule has 0 aromatic heterocycles. The molecule has 0 amide bonds. The first-order valence-electron chi connectivity index (χ1n) is 4.57. The molecule has 0 aliphatic heterocycles.